The van der Waals surface area contributed by atoms with Crippen molar-refractivity contribution in [2.24, 2.45) is 0 Å². The maximum absolute atomic E-state index is 13.3. The molecule has 1 aliphatic rings. The third-order valence-electron chi connectivity index (χ3n) is 4.09. The SMILES string of the molecule is O=c1n(Cc2cccc(F)c2)nc2nc(N3CCCC3)ccn12. The number of hydrogen-bond acceptors (Lipinski definition) is 4. The molecule has 1 aliphatic heterocycles. The number of hydrogen-bond donors (Lipinski definition) is 0. The van der Waals surface area contributed by atoms with Crippen LogP contribution in [0.4, 0.5) is 10.2 Å². The van der Waals surface area contributed by atoms with Crippen LogP contribution in [-0.4, -0.2) is 32.3 Å². The van der Waals surface area contributed by atoms with Gasteiger partial charge in [0, 0.05) is 19.3 Å². The summed E-state index contributed by atoms with van der Waals surface area (Å²) in [6.07, 6.45) is 4.02. The molecular formula is C16H16FN5O. The minimum atomic E-state index is -0.325. The van der Waals surface area contributed by atoms with Gasteiger partial charge >= 0.3 is 5.69 Å². The number of rotatable bonds is 3. The van der Waals surface area contributed by atoms with E-state index in [1.54, 1.807) is 18.3 Å². The summed E-state index contributed by atoms with van der Waals surface area (Å²) in [6, 6.07) is 8.01. The molecule has 118 valence electrons. The summed E-state index contributed by atoms with van der Waals surface area (Å²) in [4.78, 5) is 19.0. The van der Waals surface area contributed by atoms with Crippen molar-refractivity contribution in [2.75, 3.05) is 18.0 Å². The second kappa shape index (κ2) is 5.49. The van der Waals surface area contributed by atoms with E-state index in [9.17, 15) is 9.18 Å². The first-order valence-electron chi connectivity index (χ1n) is 7.66. The van der Waals surface area contributed by atoms with E-state index in [4.69, 9.17) is 0 Å². The molecule has 23 heavy (non-hydrogen) atoms. The summed E-state index contributed by atoms with van der Waals surface area (Å²) >= 11 is 0. The van der Waals surface area contributed by atoms with Crippen LogP contribution in [0.25, 0.3) is 5.78 Å². The average Bonchev–Trinajstić information content (AvgIpc) is 3.17. The zero-order valence-electron chi connectivity index (χ0n) is 12.5. The van der Waals surface area contributed by atoms with Crippen molar-refractivity contribution < 1.29 is 4.39 Å². The van der Waals surface area contributed by atoms with Gasteiger partial charge in [-0.2, -0.15) is 4.98 Å². The van der Waals surface area contributed by atoms with Gasteiger partial charge in [0.15, 0.2) is 0 Å². The van der Waals surface area contributed by atoms with Crippen molar-refractivity contribution in [1.82, 2.24) is 19.2 Å². The minimum Gasteiger partial charge on any atom is -0.356 e. The highest BCUT2D eigenvalue weighted by Crippen LogP contribution is 2.17. The number of nitrogens with zero attached hydrogens (tertiary/aromatic N) is 5. The Balaban J connectivity index is 1.70. The molecule has 0 aliphatic carbocycles. The number of anilines is 1. The zero-order chi connectivity index (χ0) is 15.8. The molecule has 0 bridgehead atoms. The summed E-state index contributed by atoms with van der Waals surface area (Å²) in [7, 11) is 0. The van der Waals surface area contributed by atoms with Gasteiger partial charge in [-0.05, 0) is 36.6 Å². The summed E-state index contributed by atoms with van der Waals surface area (Å²) < 4.78 is 16.0. The van der Waals surface area contributed by atoms with Gasteiger partial charge in [0.2, 0.25) is 0 Å². The van der Waals surface area contributed by atoms with E-state index >= 15 is 0 Å². The van der Waals surface area contributed by atoms with Crippen LogP contribution in [0.15, 0.2) is 41.3 Å². The Morgan fingerprint density at radius 2 is 2.00 bits per heavy atom. The molecule has 0 radical (unpaired) electrons. The van der Waals surface area contributed by atoms with E-state index < -0.39 is 0 Å². The molecule has 0 N–H and O–H groups in total. The molecule has 2 aromatic heterocycles. The Hall–Kier alpha value is -2.70. The number of aromatic nitrogens is 4. The first kappa shape index (κ1) is 13.9. The van der Waals surface area contributed by atoms with Crippen LogP contribution in [0.3, 0.4) is 0 Å². The molecule has 0 saturated carbocycles. The lowest BCUT2D eigenvalue weighted by molar-refractivity contribution is 0.615. The molecule has 7 heteroatoms. The van der Waals surface area contributed by atoms with Crippen molar-refractivity contribution in [3.8, 4) is 0 Å². The molecule has 3 heterocycles. The summed E-state index contributed by atoms with van der Waals surface area (Å²) in [5.41, 5.74) is 0.417. The first-order chi connectivity index (χ1) is 11.2. The monoisotopic (exact) mass is 313 g/mol. The van der Waals surface area contributed by atoms with Crippen LogP contribution in [0.5, 0.6) is 0 Å². The maximum Gasteiger partial charge on any atom is 0.351 e. The van der Waals surface area contributed by atoms with Crippen molar-refractivity contribution in [1.29, 1.82) is 0 Å². The zero-order valence-corrected chi connectivity index (χ0v) is 12.5. The number of halogens is 1. The fraction of sp³-hybridized carbons (Fsp3) is 0.312. The molecule has 1 fully saturated rings. The number of fused-ring (bicyclic) bond motifs is 1. The predicted molar refractivity (Wildman–Crippen MR) is 84.2 cm³/mol. The minimum absolute atomic E-state index is 0.221. The van der Waals surface area contributed by atoms with E-state index in [1.807, 2.05) is 6.07 Å². The molecule has 3 aromatic rings. The van der Waals surface area contributed by atoms with Gasteiger partial charge in [-0.3, -0.25) is 0 Å². The average molecular weight is 313 g/mol. The van der Waals surface area contributed by atoms with Gasteiger partial charge in [-0.15, -0.1) is 5.10 Å². The van der Waals surface area contributed by atoms with Crippen molar-refractivity contribution in [3.63, 3.8) is 0 Å². The summed E-state index contributed by atoms with van der Waals surface area (Å²) in [5, 5.41) is 4.28. The standard InChI is InChI=1S/C16H16FN5O/c17-13-5-3-4-12(10-13)11-22-16(23)21-9-6-14(18-15(21)19-22)20-7-1-2-8-20/h3-6,9-10H,1-2,7-8,11H2. The normalized spacial score (nSPS) is 14.7. The van der Waals surface area contributed by atoms with Crippen LogP contribution in [0.2, 0.25) is 0 Å². The van der Waals surface area contributed by atoms with Crippen LogP contribution >= 0.6 is 0 Å². The molecule has 1 saturated heterocycles. The van der Waals surface area contributed by atoms with E-state index in [1.165, 1.54) is 21.2 Å². The third kappa shape index (κ3) is 2.58. The topological polar surface area (TPSA) is 55.4 Å². The molecule has 0 amide bonds. The Kier molecular flexibility index (Phi) is 3.33. The maximum atomic E-state index is 13.3. The van der Waals surface area contributed by atoms with Gasteiger partial charge in [0.05, 0.1) is 6.54 Å². The van der Waals surface area contributed by atoms with Crippen molar-refractivity contribution >= 4 is 11.6 Å². The lowest BCUT2D eigenvalue weighted by Crippen LogP contribution is -2.22. The fourth-order valence-electron chi connectivity index (χ4n) is 2.93. The Morgan fingerprint density at radius 3 is 2.78 bits per heavy atom. The highest BCUT2D eigenvalue weighted by atomic mass is 19.1. The third-order valence-corrected chi connectivity index (χ3v) is 4.09. The van der Waals surface area contributed by atoms with Gasteiger partial charge in [-0.1, -0.05) is 12.1 Å². The van der Waals surface area contributed by atoms with Gasteiger partial charge in [0.25, 0.3) is 5.78 Å². The summed E-state index contributed by atoms with van der Waals surface area (Å²) in [6.45, 7) is 2.19. The van der Waals surface area contributed by atoms with Crippen molar-refractivity contribution in [2.45, 2.75) is 19.4 Å². The molecule has 0 atom stereocenters. The predicted octanol–water partition coefficient (Wildman–Crippen LogP) is 1.68. The first-order valence-corrected chi connectivity index (χ1v) is 7.66. The van der Waals surface area contributed by atoms with Crippen LogP contribution < -0.4 is 10.6 Å². The van der Waals surface area contributed by atoms with Crippen molar-refractivity contribution in [3.05, 3.63) is 58.4 Å². The second-order valence-electron chi connectivity index (χ2n) is 5.72. The molecule has 4 rings (SSSR count). The van der Waals surface area contributed by atoms with E-state index in [0.29, 0.717) is 11.3 Å². The molecule has 0 unspecified atom stereocenters. The lowest BCUT2D eigenvalue weighted by atomic mass is 10.2. The quantitative estimate of drug-likeness (QED) is 0.738. The largest absolute Gasteiger partial charge is 0.356 e. The second-order valence-corrected chi connectivity index (χ2v) is 5.72. The summed E-state index contributed by atoms with van der Waals surface area (Å²) in [5.74, 6) is 0.891. The number of benzene rings is 1. The molecular weight excluding hydrogens is 297 g/mol. The highest BCUT2D eigenvalue weighted by molar-refractivity contribution is 5.44. The molecule has 1 aromatic carbocycles. The van der Waals surface area contributed by atoms with Crippen LogP contribution in [0, 0.1) is 5.82 Å². The Morgan fingerprint density at radius 1 is 1.17 bits per heavy atom. The van der Waals surface area contributed by atoms with Gasteiger partial charge < -0.3 is 4.90 Å². The highest BCUT2D eigenvalue weighted by Gasteiger charge is 2.16. The van der Waals surface area contributed by atoms with E-state index in [2.05, 4.69) is 15.0 Å². The fourth-order valence-corrected chi connectivity index (χ4v) is 2.93. The molecule has 6 nitrogen and oxygen atoms in total. The van der Waals surface area contributed by atoms with Gasteiger partial charge in [0.1, 0.15) is 11.6 Å². The molecule has 0 spiro atoms. The van der Waals surface area contributed by atoms with E-state index in [-0.39, 0.29) is 18.1 Å². The van der Waals surface area contributed by atoms with Crippen LogP contribution in [0.1, 0.15) is 18.4 Å². The lowest BCUT2D eigenvalue weighted by Gasteiger charge is -2.15. The smallest absolute Gasteiger partial charge is 0.351 e. The van der Waals surface area contributed by atoms with Crippen LogP contribution in [-0.2, 0) is 6.54 Å². The van der Waals surface area contributed by atoms with Gasteiger partial charge in [-0.25, -0.2) is 18.3 Å². The Bertz CT molecular complexity index is 910. The van der Waals surface area contributed by atoms with E-state index in [0.717, 1.165) is 31.7 Å². The Labute approximate surface area is 131 Å².